The Bertz CT molecular complexity index is 167. The zero-order valence-corrected chi connectivity index (χ0v) is 5.89. The van der Waals surface area contributed by atoms with Gasteiger partial charge in [-0.15, -0.1) is 0 Å². The lowest BCUT2D eigenvalue weighted by Crippen LogP contribution is -2.32. The van der Waals surface area contributed by atoms with Gasteiger partial charge in [0.15, 0.2) is 0 Å². The van der Waals surface area contributed by atoms with Crippen molar-refractivity contribution in [1.82, 2.24) is 10.2 Å². The fraction of sp³-hybridized carbons (Fsp3) is 0.667. The highest BCUT2D eigenvalue weighted by Gasteiger charge is 2.15. The Morgan fingerprint density at radius 3 is 2.90 bits per heavy atom. The molecule has 10 heavy (non-hydrogen) atoms. The van der Waals surface area contributed by atoms with Gasteiger partial charge in [0.25, 0.3) is 0 Å². The summed E-state index contributed by atoms with van der Waals surface area (Å²) in [6.45, 7) is 0.681. The van der Waals surface area contributed by atoms with E-state index in [4.69, 9.17) is 0 Å². The molecule has 0 unspecified atom stereocenters. The number of nitrogens with one attached hydrogen (secondary N) is 1. The standard InChI is InChI=1S/C6H10N2O2/c1-8-3-2-5(9)7-4-6(8)10/h2-4H2,1H3,(H,7,9). The van der Waals surface area contributed by atoms with Crippen LogP contribution < -0.4 is 5.32 Å². The van der Waals surface area contributed by atoms with Crippen LogP contribution in [-0.4, -0.2) is 36.9 Å². The van der Waals surface area contributed by atoms with Crippen LogP contribution in [0.3, 0.4) is 0 Å². The molecule has 0 radical (unpaired) electrons. The Balaban J connectivity index is 2.54. The molecule has 0 aliphatic carbocycles. The van der Waals surface area contributed by atoms with Crippen molar-refractivity contribution in [3.8, 4) is 0 Å². The van der Waals surface area contributed by atoms with E-state index in [0.29, 0.717) is 13.0 Å². The minimum atomic E-state index is -0.0438. The second kappa shape index (κ2) is 2.68. The van der Waals surface area contributed by atoms with Crippen LogP contribution in [0.25, 0.3) is 0 Å². The lowest BCUT2D eigenvalue weighted by atomic mass is 10.4. The molecule has 0 aromatic carbocycles. The van der Waals surface area contributed by atoms with Crippen molar-refractivity contribution in [2.75, 3.05) is 20.1 Å². The van der Waals surface area contributed by atoms with Gasteiger partial charge in [-0.3, -0.25) is 9.59 Å². The normalized spacial score (nSPS) is 20.3. The van der Waals surface area contributed by atoms with Crippen LogP contribution in [0.15, 0.2) is 0 Å². The molecule has 1 N–H and O–H groups in total. The third-order valence-electron chi connectivity index (χ3n) is 1.54. The summed E-state index contributed by atoms with van der Waals surface area (Å²) in [7, 11) is 1.70. The van der Waals surface area contributed by atoms with Gasteiger partial charge in [-0.2, -0.15) is 0 Å². The topological polar surface area (TPSA) is 49.4 Å². The molecule has 0 aromatic rings. The summed E-state index contributed by atoms with van der Waals surface area (Å²) in [6.07, 6.45) is 0.419. The third kappa shape index (κ3) is 1.46. The Labute approximate surface area is 59.2 Å². The van der Waals surface area contributed by atoms with Crippen LogP contribution in [0, 0.1) is 0 Å². The molecule has 4 heteroatoms. The summed E-state index contributed by atoms with van der Waals surface area (Å²) >= 11 is 0. The largest absolute Gasteiger partial charge is 0.347 e. The minimum Gasteiger partial charge on any atom is -0.347 e. The number of hydrogen-bond donors (Lipinski definition) is 1. The summed E-state index contributed by atoms with van der Waals surface area (Å²) < 4.78 is 0. The van der Waals surface area contributed by atoms with Crippen LogP contribution in [0.4, 0.5) is 0 Å². The first-order valence-corrected chi connectivity index (χ1v) is 3.21. The maximum absolute atomic E-state index is 10.9. The quantitative estimate of drug-likeness (QED) is 0.470. The molecule has 0 bridgehead atoms. The minimum absolute atomic E-state index is 0.0224. The molecule has 1 fully saturated rings. The van der Waals surface area contributed by atoms with E-state index < -0.39 is 0 Å². The molecule has 1 aliphatic heterocycles. The maximum Gasteiger partial charge on any atom is 0.241 e. The summed E-state index contributed by atoms with van der Waals surface area (Å²) in [5, 5.41) is 2.49. The summed E-state index contributed by atoms with van der Waals surface area (Å²) in [4.78, 5) is 23.1. The van der Waals surface area contributed by atoms with Gasteiger partial charge in [0, 0.05) is 20.0 Å². The highest BCUT2D eigenvalue weighted by molar-refractivity contribution is 5.86. The Hall–Kier alpha value is -1.06. The van der Waals surface area contributed by atoms with Crippen molar-refractivity contribution >= 4 is 11.8 Å². The second-order valence-electron chi connectivity index (χ2n) is 2.34. The Morgan fingerprint density at radius 1 is 1.50 bits per heavy atom. The van der Waals surface area contributed by atoms with E-state index in [-0.39, 0.29) is 18.4 Å². The van der Waals surface area contributed by atoms with E-state index >= 15 is 0 Å². The molecule has 0 spiro atoms. The van der Waals surface area contributed by atoms with Crippen LogP contribution in [0.2, 0.25) is 0 Å². The fourth-order valence-corrected chi connectivity index (χ4v) is 0.791. The summed E-state index contributed by atoms with van der Waals surface area (Å²) in [6, 6.07) is 0. The van der Waals surface area contributed by atoms with Crippen LogP contribution >= 0.6 is 0 Å². The van der Waals surface area contributed by atoms with Gasteiger partial charge in [0.05, 0.1) is 6.54 Å². The number of nitrogens with zero attached hydrogens (tertiary/aromatic N) is 1. The molecule has 1 rings (SSSR count). The van der Waals surface area contributed by atoms with Gasteiger partial charge in [-0.05, 0) is 0 Å². The molecule has 0 aromatic heterocycles. The van der Waals surface area contributed by atoms with Gasteiger partial charge in [0.1, 0.15) is 0 Å². The average molecular weight is 142 g/mol. The van der Waals surface area contributed by atoms with Gasteiger partial charge >= 0.3 is 0 Å². The van der Waals surface area contributed by atoms with Crippen molar-refractivity contribution in [3.63, 3.8) is 0 Å². The Kier molecular flexibility index (Phi) is 1.89. The highest BCUT2D eigenvalue weighted by atomic mass is 16.2. The number of hydrogen-bond acceptors (Lipinski definition) is 2. The number of rotatable bonds is 0. The van der Waals surface area contributed by atoms with Gasteiger partial charge in [0.2, 0.25) is 11.8 Å². The molecule has 1 heterocycles. The third-order valence-corrected chi connectivity index (χ3v) is 1.54. The highest BCUT2D eigenvalue weighted by Crippen LogP contribution is 1.92. The second-order valence-corrected chi connectivity index (χ2v) is 2.34. The first-order chi connectivity index (χ1) is 4.70. The monoisotopic (exact) mass is 142 g/mol. The van der Waals surface area contributed by atoms with Crippen LogP contribution in [-0.2, 0) is 9.59 Å². The number of amides is 2. The lowest BCUT2D eigenvalue weighted by molar-refractivity contribution is -0.128. The van der Waals surface area contributed by atoms with E-state index in [1.54, 1.807) is 11.9 Å². The molecule has 0 atom stereocenters. The Morgan fingerprint density at radius 2 is 2.20 bits per heavy atom. The predicted octanol–water partition coefficient (Wildman–Crippen LogP) is -1.04. The fourth-order valence-electron chi connectivity index (χ4n) is 0.791. The molecule has 1 aliphatic rings. The SMILES string of the molecule is CN1CCC(=O)NCC1=O. The van der Waals surface area contributed by atoms with E-state index in [1.165, 1.54) is 0 Å². The summed E-state index contributed by atoms with van der Waals surface area (Å²) in [5.74, 6) is -0.0662. The van der Waals surface area contributed by atoms with Crippen molar-refractivity contribution in [2.24, 2.45) is 0 Å². The van der Waals surface area contributed by atoms with Crippen molar-refractivity contribution in [3.05, 3.63) is 0 Å². The van der Waals surface area contributed by atoms with E-state index in [0.717, 1.165) is 0 Å². The number of carbonyl (C=O) groups is 2. The molecule has 2 amide bonds. The molecule has 1 saturated heterocycles. The number of carbonyl (C=O) groups excluding carboxylic acids is 2. The molecule has 4 nitrogen and oxygen atoms in total. The van der Waals surface area contributed by atoms with E-state index in [2.05, 4.69) is 5.32 Å². The first kappa shape index (κ1) is 7.05. The summed E-state index contributed by atoms with van der Waals surface area (Å²) in [5.41, 5.74) is 0. The zero-order chi connectivity index (χ0) is 7.56. The smallest absolute Gasteiger partial charge is 0.241 e. The van der Waals surface area contributed by atoms with Crippen molar-refractivity contribution in [1.29, 1.82) is 0 Å². The predicted molar refractivity (Wildman–Crippen MR) is 35.3 cm³/mol. The molecule has 56 valence electrons. The lowest BCUT2D eigenvalue weighted by Gasteiger charge is -2.10. The number of likely N-dealkylation sites (N-methyl/N-ethyl adjacent to an activating group) is 1. The molecule has 0 saturated carbocycles. The zero-order valence-electron chi connectivity index (χ0n) is 5.89. The van der Waals surface area contributed by atoms with Crippen LogP contribution in [0.5, 0.6) is 0 Å². The van der Waals surface area contributed by atoms with Crippen molar-refractivity contribution in [2.45, 2.75) is 6.42 Å². The van der Waals surface area contributed by atoms with Gasteiger partial charge in [-0.25, -0.2) is 0 Å². The van der Waals surface area contributed by atoms with Gasteiger partial charge < -0.3 is 10.2 Å². The molecular formula is C6H10N2O2. The van der Waals surface area contributed by atoms with Gasteiger partial charge in [-0.1, -0.05) is 0 Å². The average Bonchev–Trinajstić information content (AvgIpc) is 2.04. The maximum atomic E-state index is 10.9. The first-order valence-electron chi connectivity index (χ1n) is 3.21. The molecular weight excluding hydrogens is 132 g/mol. The van der Waals surface area contributed by atoms with E-state index in [9.17, 15) is 9.59 Å². The van der Waals surface area contributed by atoms with Crippen molar-refractivity contribution < 1.29 is 9.59 Å². The van der Waals surface area contributed by atoms with E-state index in [1.807, 2.05) is 0 Å². The van der Waals surface area contributed by atoms with Crippen LogP contribution in [0.1, 0.15) is 6.42 Å².